The number of nitrogens with zero attached hydrogens (tertiary/aromatic N) is 4. The van der Waals surface area contributed by atoms with Crippen LogP contribution in [0, 0.1) is 0 Å². The Morgan fingerprint density at radius 1 is 1.07 bits per heavy atom. The van der Waals surface area contributed by atoms with Crippen molar-refractivity contribution in [2.45, 2.75) is 13.0 Å². The van der Waals surface area contributed by atoms with Crippen LogP contribution in [0.5, 0.6) is 5.75 Å². The molecule has 0 aliphatic carbocycles. The molecule has 2 aromatic heterocycles. The van der Waals surface area contributed by atoms with Crippen LogP contribution in [0.1, 0.15) is 30.1 Å². The lowest BCUT2D eigenvalue weighted by molar-refractivity contribution is 0.216. The molecule has 1 atom stereocenters. The van der Waals surface area contributed by atoms with Crippen molar-refractivity contribution in [1.29, 1.82) is 0 Å². The summed E-state index contributed by atoms with van der Waals surface area (Å²) in [6, 6.07) is 17.5. The Morgan fingerprint density at radius 3 is 2.81 bits per heavy atom. The first-order valence-corrected chi connectivity index (χ1v) is 8.80. The quantitative estimate of drug-likeness (QED) is 0.545. The van der Waals surface area contributed by atoms with Gasteiger partial charge in [-0.1, -0.05) is 47.2 Å². The van der Waals surface area contributed by atoms with Crippen LogP contribution in [0.2, 0.25) is 5.02 Å². The summed E-state index contributed by atoms with van der Waals surface area (Å²) >= 11 is 6.05. The second-order valence-electron chi connectivity index (χ2n) is 6.01. The minimum absolute atomic E-state index is 0.296. The summed E-state index contributed by atoms with van der Waals surface area (Å²) < 4.78 is 5.87. The zero-order valence-electron chi connectivity index (χ0n) is 14.5. The lowest BCUT2D eigenvalue weighted by Gasteiger charge is -2.11. The van der Waals surface area contributed by atoms with Crippen LogP contribution < -0.4 is 4.74 Å². The van der Waals surface area contributed by atoms with Crippen molar-refractivity contribution in [2.24, 2.45) is 0 Å². The van der Waals surface area contributed by atoms with Gasteiger partial charge in [0.2, 0.25) is 5.82 Å². The van der Waals surface area contributed by atoms with E-state index in [-0.39, 0.29) is 6.10 Å². The Bertz CT molecular complexity index is 1090. The molecule has 1 N–H and O–H groups in total. The predicted molar refractivity (Wildman–Crippen MR) is 105 cm³/mol. The van der Waals surface area contributed by atoms with Gasteiger partial charge in [-0.3, -0.25) is 0 Å². The van der Waals surface area contributed by atoms with Crippen LogP contribution in [-0.4, -0.2) is 25.6 Å². The molecule has 0 saturated carbocycles. The van der Waals surface area contributed by atoms with Gasteiger partial charge in [-0.2, -0.15) is 5.21 Å². The molecule has 0 saturated heterocycles. The molecule has 0 aliphatic heterocycles. The number of aromatic amines is 1. The maximum Gasteiger partial charge on any atom is 0.214 e. The van der Waals surface area contributed by atoms with Crippen molar-refractivity contribution >= 4 is 34.7 Å². The van der Waals surface area contributed by atoms with Crippen molar-refractivity contribution in [3.05, 3.63) is 76.7 Å². The molecular formula is C20H16ClN5O. The van der Waals surface area contributed by atoms with E-state index in [4.69, 9.17) is 16.3 Å². The van der Waals surface area contributed by atoms with Crippen molar-refractivity contribution in [3.63, 3.8) is 0 Å². The zero-order valence-corrected chi connectivity index (χ0v) is 15.3. The minimum Gasteiger partial charge on any atom is -0.483 e. The highest BCUT2D eigenvalue weighted by Crippen LogP contribution is 2.22. The van der Waals surface area contributed by atoms with Gasteiger partial charge in [0.1, 0.15) is 5.75 Å². The highest BCUT2D eigenvalue weighted by molar-refractivity contribution is 6.31. The van der Waals surface area contributed by atoms with Crippen LogP contribution in [-0.2, 0) is 0 Å². The Kier molecular flexibility index (Phi) is 4.80. The van der Waals surface area contributed by atoms with Crippen LogP contribution >= 0.6 is 11.6 Å². The van der Waals surface area contributed by atoms with E-state index in [1.165, 1.54) is 0 Å². The number of hydrogen-bond acceptors (Lipinski definition) is 5. The fraction of sp³-hybridized carbons (Fsp3) is 0.100. The number of ether oxygens (including phenoxy) is 1. The second kappa shape index (κ2) is 7.55. The predicted octanol–water partition coefficient (Wildman–Crippen LogP) is 4.71. The van der Waals surface area contributed by atoms with E-state index >= 15 is 0 Å². The molecule has 0 spiro atoms. The molecule has 0 aliphatic rings. The topological polar surface area (TPSA) is 76.6 Å². The summed E-state index contributed by atoms with van der Waals surface area (Å²) in [5.41, 5.74) is 2.73. The maximum atomic E-state index is 6.05. The number of fused-ring (bicyclic) bond motifs is 1. The SMILES string of the molecule is CC(Oc1cccc(/C=C/c2ccc3ccc(Cl)cc3n2)c1)c1nn[nH]n1. The molecule has 0 fully saturated rings. The van der Waals surface area contributed by atoms with E-state index in [1.807, 2.05) is 73.7 Å². The van der Waals surface area contributed by atoms with Crippen LogP contribution in [0.4, 0.5) is 0 Å². The molecule has 6 nitrogen and oxygen atoms in total. The van der Waals surface area contributed by atoms with E-state index in [0.717, 1.165) is 27.9 Å². The second-order valence-corrected chi connectivity index (χ2v) is 6.45. The monoisotopic (exact) mass is 377 g/mol. The number of tetrazole rings is 1. The number of nitrogens with one attached hydrogen (secondary N) is 1. The third-order valence-electron chi connectivity index (χ3n) is 4.02. The summed E-state index contributed by atoms with van der Waals surface area (Å²) in [6.07, 6.45) is 3.65. The molecule has 134 valence electrons. The number of halogens is 1. The molecule has 1 unspecified atom stereocenters. The van der Waals surface area contributed by atoms with Crippen LogP contribution in [0.25, 0.3) is 23.1 Å². The molecule has 2 heterocycles. The van der Waals surface area contributed by atoms with Gasteiger partial charge in [0.15, 0.2) is 6.10 Å². The van der Waals surface area contributed by atoms with E-state index in [9.17, 15) is 0 Å². The van der Waals surface area contributed by atoms with Gasteiger partial charge in [0.05, 0.1) is 11.2 Å². The molecule has 7 heteroatoms. The molecule has 0 bridgehead atoms. The van der Waals surface area contributed by atoms with Gasteiger partial charge in [0, 0.05) is 10.4 Å². The van der Waals surface area contributed by atoms with E-state index in [0.29, 0.717) is 10.8 Å². The van der Waals surface area contributed by atoms with Gasteiger partial charge in [0.25, 0.3) is 0 Å². The Morgan fingerprint density at radius 2 is 1.96 bits per heavy atom. The smallest absolute Gasteiger partial charge is 0.214 e. The van der Waals surface area contributed by atoms with Crippen molar-refractivity contribution in [3.8, 4) is 5.75 Å². The molecule has 0 amide bonds. The summed E-state index contributed by atoms with van der Waals surface area (Å²) in [7, 11) is 0. The Hall–Kier alpha value is -3.25. The number of hydrogen-bond donors (Lipinski definition) is 1. The molecule has 2 aromatic carbocycles. The number of rotatable bonds is 5. The first-order chi connectivity index (χ1) is 13.2. The van der Waals surface area contributed by atoms with Crippen molar-refractivity contribution in [2.75, 3.05) is 0 Å². The number of aromatic nitrogens is 5. The van der Waals surface area contributed by atoms with Gasteiger partial charge in [-0.25, -0.2) is 4.98 Å². The largest absolute Gasteiger partial charge is 0.483 e. The maximum absolute atomic E-state index is 6.05. The lowest BCUT2D eigenvalue weighted by atomic mass is 10.1. The third kappa shape index (κ3) is 4.12. The highest BCUT2D eigenvalue weighted by atomic mass is 35.5. The van der Waals surface area contributed by atoms with E-state index < -0.39 is 0 Å². The first-order valence-electron chi connectivity index (χ1n) is 8.42. The average Bonchev–Trinajstić information content (AvgIpc) is 3.21. The average molecular weight is 378 g/mol. The van der Waals surface area contributed by atoms with Gasteiger partial charge >= 0.3 is 0 Å². The normalized spacial score (nSPS) is 12.5. The summed E-state index contributed by atoms with van der Waals surface area (Å²) in [5.74, 6) is 1.24. The first kappa shape index (κ1) is 17.2. The van der Waals surface area contributed by atoms with E-state index in [2.05, 4.69) is 25.6 Å². The van der Waals surface area contributed by atoms with Crippen molar-refractivity contribution in [1.82, 2.24) is 25.6 Å². The number of benzene rings is 2. The fourth-order valence-electron chi connectivity index (χ4n) is 2.67. The zero-order chi connectivity index (χ0) is 18.6. The molecule has 4 aromatic rings. The van der Waals surface area contributed by atoms with Gasteiger partial charge in [-0.15, -0.1) is 10.2 Å². The molecule has 0 radical (unpaired) electrons. The summed E-state index contributed by atoms with van der Waals surface area (Å²) in [5, 5.41) is 15.6. The lowest BCUT2D eigenvalue weighted by Crippen LogP contribution is -2.05. The van der Waals surface area contributed by atoms with Crippen LogP contribution in [0.15, 0.2) is 54.6 Å². The Balaban J connectivity index is 1.52. The van der Waals surface area contributed by atoms with Crippen molar-refractivity contribution < 1.29 is 4.74 Å². The summed E-state index contributed by atoms with van der Waals surface area (Å²) in [6.45, 7) is 1.87. The minimum atomic E-state index is -0.296. The molecule has 4 rings (SSSR count). The van der Waals surface area contributed by atoms with Gasteiger partial charge < -0.3 is 4.74 Å². The van der Waals surface area contributed by atoms with Crippen LogP contribution in [0.3, 0.4) is 0 Å². The number of H-pyrrole nitrogens is 1. The van der Waals surface area contributed by atoms with E-state index in [1.54, 1.807) is 0 Å². The third-order valence-corrected chi connectivity index (χ3v) is 4.25. The molecule has 27 heavy (non-hydrogen) atoms. The summed E-state index contributed by atoms with van der Waals surface area (Å²) in [4.78, 5) is 4.63. The number of pyridine rings is 1. The highest BCUT2D eigenvalue weighted by Gasteiger charge is 2.11. The Labute approximate surface area is 160 Å². The van der Waals surface area contributed by atoms with Gasteiger partial charge in [-0.05, 0) is 48.9 Å². The fourth-order valence-corrected chi connectivity index (χ4v) is 2.84. The standard InChI is InChI=1S/C20H16ClN5O/c1-13(20-23-25-26-24-20)27-18-4-2-3-14(11-18)5-9-17-10-7-15-6-8-16(21)12-19(15)22-17/h2-13H,1H3,(H,23,24,25,26)/b9-5+. The molecular weight excluding hydrogens is 362 g/mol.